The number of hydrogen-bond donors (Lipinski definition) is 0. The molecule has 232 valence electrons. The molecule has 0 aliphatic rings. The van der Waals surface area contributed by atoms with Crippen molar-refractivity contribution in [2.24, 2.45) is 0 Å². The maximum Gasteiger partial charge on any atom is -0.00206 e. The van der Waals surface area contributed by atoms with Crippen LogP contribution in [0.3, 0.4) is 0 Å². The van der Waals surface area contributed by atoms with Gasteiger partial charge in [0.05, 0.1) is 0 Å². The van der Waals surface area contributed by atoms with Crippen LogP contribution in [0.1, 0.15) is 0 Å². The van der Waals surface area contributed by atoms with Gasteiger partial charge in [0, 0.05) is 0 Å². The third-order valence-electron chi connectivity index (χ3n) is 10.4. The maximum atomic E-state index is 2.41. The first-order valence-electron chi connectivity index (χ1n) is 17.4. The van der Waals surface area contributed by atoms with Gasteiger partial charge in [-0.05, 0) is 111 Å². The van der Waals surface area contributed by atoms with Crippen LogP contribution in [-0.4, -0.2) is 0 Å². The van der Waals surface area contributed by atoms with Crippen molar-refractivity contribution in [3.8, 4) is 44.5 Å². The molecule has 0 fully saturated rings. The number of hydrogen-bond acceptors (Lipinski definition) is 0. The van der Waals surface area contributed by atoms with Crippen molar-refractivity contribution in [3.05, 3.63) is 194 Å². The smallest absolute Gasteiger partial charge is 0.00206 e. The van der Waals surface area contributed by atoms with Crippen LogP contribution in [-0.2, 0) is 0 Å². The Kier molecular flexibility index (Phi) is 6.60. The molecule has 0 atom stereocenters. The fraction of sp³-hybridized carbons (Fsp3) is 0. The molecule has 0 unspecified atom stereocenters. The van der Waals surface area contributed by atoms with Gasteiger partial charge < -0.3 is 0 Å². The Labute approximate surface area is 291 Å². The average Bonchev–Trinajstić information content (AvgIpc) is 3.19. The molecule has 0 radical (unpaired) electrons. The minimum atomic E-state index is 1.21. The molecule has 0 amide bonds. The third kappa shape index (κ3) is 4.54. The topological polar surface area (TPSA) is 0 Å². The van der Waals surface area contributed by atoms with E-state index in [1.54, 1.807) is 0 Å². The van der Waals surface area contributed by atoms with Gasteiger partial charge in [-0.2, -0.15) is 0 Å². The zero-order valence-electron chi connectivity index (χ0n) is 27.5. The molecule has 0 bridgehead atoms. The summed E-state index contributed by atoms with van der Waals surface area (Å²) in [4.78, 5) is 0. The van der Waals surface area contributed by atoms with Crippen LogP contribution in [0, 0.1) is 0 Å². The largest absolute Gasteiger partial charge is 0.0622 e. The molecule has 0 heterocycles. The Morgan fingerprint density at radius 2 is 0.700 bits per heavy atom. The zero-order chi connectivity index (χ0) is 33.0. The van der Waals surface area contributed by atoms with Crippen LogP contribution in [0.15, 0.2) is 194 Å². The lowest BCUT2D eigenvalue weighted by Crippen LogP contribution is -1.92. The molecule has 0 spiro atoms. The van der Waals surface area contributed by atoms with Crippen molar-refractivity contribution in [2.45, 2.75) is 0 Å². The molecular formula is C50H32. The highest BCUT2D eigenvalue weighted by molar-refractivity contribution is 6.22. The van der Waals surface area contributed by atoms with Crippen LogP contribution in [0.2, 0.25) is 0 Å². The SMILES string of the molecule is c1ccc(-c2c(-c3cccc(-c4c5ccccc5c(-c5ccc6ccccc6c5)c5ccccc45)c3)ccc3ccc4ccccc4c23)cc1. The number of benzene rings is 10. The van der Waals surface area contributed by atoms with E-state index >= 15 is 0 Å². The summed E-state index contributed by atoms with van der Waals surface area (Å²) in [5.74, 6) is 0. The van der Waals surface area contributed by atoms with Gasteiger partial charge in [0.1, 0.15) is 0 Å². The predicted octanol–water partition coefficient (Wildman–Crippen LogP) is 14.1. The summed E-state index contributed by atoms with van der Waals surface area (Å²) in [6.45, 7) is 0. The molecule has 0 saturated heterocycles. The van der Waals surface area contributed by atoms with E-state index in [9.17, 15) is 0 Å². The van der Waals surface area contributed by atoms with E-state index in [0.29, 0.717) is 0 Å². The van der Waals surface area contributed by atoms with Crippen molar-refractivity contribution in [2.75, 3.05) is 0 Å². The van der Waals surface area contributed by atoms with Crippen molar-refractivity contribution < 1.29 is 0 Å². The van der Waals surface area contributed by atoms with Crippen LogP contribution >= 0.6 is 0 Å². The summed E-state index contributed by atoms with van der Waals surface area (Å²) < 4.78 is 0. The molecule has 0 N–H and O–H groups in total. The quantitative estimate of drug-likeness (QED) is 0.134. The Morgan fingerprint density at radius 1 is 0.220 bits per heavy atom. The van der Waals surface area contributed by atoms with E-state index in [4.69, 9.17) is 0 Å². The number of rotatable bonds is 4. The van der Waals surface area contributed by atoms with Crippen molar-refractivity contribution in [1.29, 1.82) is 0 Å². The first kappa shape index (κ1) is 28.5. The van der Waals surface area contributed by atoms with E-state index in [2.05, 4.69) is 194 Å². The van der Waals surface area contributed by atoms with Gasteiger partial charge in [-0.3, -0.25) is 0 Å². The van der Waals surface area contributed by atoms with Gasteiger partial charge in [0.25, 0.3) is 0 Å². The van der Waals surface area contributed by atoms with Gasteiger partial charge in [-0.1, -0.05) is 182 Å². The molecule has 0 aliphatic carbocycles. The van der Waals surface area contributed by atoms with Crippen LogP contribution in [0.4, 0.5) is 0 Å². The second-order valence-electron chi connectivity index (χ2n) is 13.2. The van der Waals surface area contributed by atoms with Gasteiger partial charge in [0.15, 0.2) is 0 Å². The first-order valence-corrected chi connectivity index (χ1v) is 17.4. The van der Waals surface area contributed by atoms with E-state index < -0.39 is 0 Å². The van der Waals surface area contributed by atoms with E-state index in [1.165, 1.54) is 98.4 Å². The molecule has 10 aromatic carbocycles. The molecule has 10 aromatic rings. The highest BCUT2D eigenvalue weighted by atomic mass is 14.2. The third-order valence-corrected chi connectivity index (χ3v) is 10.4. The summed E-state index contributed by atoms with van der Waals surface area (Å²) in [5.41, 5.74) is 9.98. The molecule has 0 aromatic heterocycles. The van der Waals surface area contributed by atoms with E-state index in [-0.39, 0.29) is 0 Å². The highest BCUT2D eigenvalue weighted by Gasteiger charge is 2.19. The van der Waals surface area contributed by atoms with Gasteiger partial charge in [-0.25, -0.2) is 0 Å². The summed E-state index contributed by atoms with van der Waals surface area (Å²) in [7, 11) is 0. The molecule has 0 heteroatoms. The van der Waals surface area contributed by atoms with Crippen LogP contribution in [0.5, 0.6) is 0 Å². The van der Waals surface area contributed by atoms with E-state index in [0.717, 1.165) is 0 Å². The molecule has 0 nitrogen and oxygen atoms in total. The predicted molar refractivity (Wildman–Crippen MR) is 216 cm³/mol. The summed E-state index contributed by atoms with van der Waals surface area (Å²) >= 11 is 0. The Morgan fingerprint density at radius 3 is 1.40 bits per heavy atom. The van der Waals surface area contributed by atoms with Crippen molar-refractivity contribution >= 4 is 53.9 Å². The highest BCUT2D eigenvalue weighted by Crippen LogP contribution is 2.46. The average molecular weight is 633 g/mol. The van der Waals surface area contributed by atoms with Crippen molar-refractivity contribution in [3.63, 3.8) is 0 Å². The fourth-order valence-electron chi connectivity index (χ4n) is 8.18. The lowest BCUT2D eigenvalue weighted by molar-refractivity contribution is 1.61. The monoisotopic (exact) mass is 632 g/mol. The van der Waals surface area contributed by atoms with E-state index in [1.807, 2.05) is 0 Å². The molecule has 10 rings (SSSR count). The minimum absolute atomic E-state index is 1.21. The minimum Gasteiger partial charge on any atom is -0.0622 e. The molecule has 50 heavy (non-hydrogen) atoms. The van der Waals surface area contributed by atoms with Gasteiger partial charge in [0.2, 0.25) is 0 Å². The summed E-state index contributed by atoms with van der Waals surface area (Å²) in [5, 5.41) is 12.7. The Bertz CT molecular complexity index is 2860. The first-order chi connectivity index (χ1) is 24.8. The summed E-state index contributed by atoms with van der Waals surface area (Å²) in [6.07, 6.45) is 0. The van der Waals surface area contributed by atoms with Crippen molar-refractivity contribution in [1.82, 2.24) is 0 Å². The molecular weight excluding hydrogens is 601 g/mol. The normalized spacial score (nSPS) is 11.6. The van der Waals surface area contributed by atoms with Gasteiger partial charge in [-0.15, -0.1) is 0 Å². The number of fused-ring (bicyclic) bond motifs is 6. The summed E-state index contributed by atoms with van der Waals surface area (Å²) in [6, 6.07) is 71.4. The Balaban J connectivity index is 1.25. The zero-order valence-corrected chi connectivity index (χ0v) is 27.5. The van der Waals surface area contributed by atoms with Crippen LogP contribution in [0.25, 0.3) is 98.4 Å². The fourth-order valence-corrected chi connectivity index (χ4v) is 8.18. The maximum absolute atomic E-state index is 2.41. The Hall–Kier alpha value is -6.50. The molecule has 0 aliphatic heterocycles. The standard InChI is InChI=1S/C50H32/c1-2-15-35(16-3-1)49-42(30-29-36-27-26-34-14-6-7-20-41(34)50(36)49)38-18-12-19-39(32-38)47-43-21-8-10-23-45(43)48(46-24-11-9-22-44(46)47)40-28-25-33-13-4-5-17-37(33)31-40/h1-32H. The molecule has 0 saturated carbocycles. The van der Waals surface area contributed by atoms with Gasteiger partial charge >= 0.3 is 0 Å². The second-order valence-corrected chi connectivity index (χ2v) is 13.2. The van der Waals surface area contributed by atoms with Crippen LogP contribution < -0.4 is 0 Å². The lowest BCUT2D eigenvalue weighted by Gasteiger charge is -2.19. The second kappa shape index (κ2) is 11.6. The lowest BCUT2D eigenvalue weighted by atomic mass is 9.84.